The first-order chi connectivity index (χ1) is 7.09. The minimum Gasteiger partial charge on any atom is -0.481 e. The monoisotopic (exact) mass is 215 g/mol. The third kappa shape index (κ3) is 4.62. The van der Waals surface area contributed by atoms with E-state index in [1.807, 2.05) is 0 Å². The number of hydrogen-bond acceptors (Lipinski definition) is 3. The van der Waals surface area contributed by atoms with Gasteiger partial charge in [0.05, 0.1) is 12.0 Å². The molecule has 0 amide bonds. The lowest BCUT2D eigenvalue weighted by Crippen LogP contribution is -2.36. The Balaban J connectivity index is 2.12. The summed E-state index contributed by atoms with van der Waals surface area (Å²) in [7, 11) is 0. The summed E-state index contributed by atoms with van der Waals surface area (Å²) in [5, 5.41) is 21.3. The fourth-order valence-electron chi connectivity index (χ4n) is 2.04. The molecule has 1 fully saturated rings. The number of aliphatic carboxylic acids is 1. The van der Waals surface area contributed by atoms with Crippen LogP contribution in [0, 0.1) is 5.92 Å². The molecule has 1 atom stereocenters. The van der Waals surface area contributed by atoms with Gasteiger partial charge in [0.2, 0.25) is 0 Å². The number of carboxylic acids is 1. The zero-order valence-corrected chi connectivity index (χ0v) is 9.28. The average molecular weight is 215 g/mol. The quantitative estimate of drug-likeness (QED) is 0.639. The van der Waals surface area contributed by atoms with Crippen molar-refractivity contribution in [2.75, 3.05) is 6.54 Å². The SMILES string of the molecule is CC(O)CCNC1CCC(C(=O)O)CC1. The van der Waals surface area contributed by atoms with E-state index >= 15 is 0 Å². The minimum atomic E-state index is -0.655. The molecule has 0 aromatic rings. The first-order valence-corrected chi connectivity index (χ1v) is 5.74. The van der Waals surface area contributed by atoms with Gasteiger partial charge in [0.25, 0.3) is 0 Å². The Kier molecular flexibility index (Phi) is 5.05. The van der Waals surface area contributed by atoms with E-state index in [1.165, 1.54) is 0 Å². The van der Waals surface area contributed by atoms with E-state index in [1.54, 1.807) is 6.92 Å². The van der Waals surface area contributed by atoms with Crippen molar-refractivity contribution in [1.82, 2.24) is 5.32 Å². The highest BCUT2D eigenvalue weighted by Crippen LogP contribution is 2.24. The maximum absolute atomic E-state index is 10.7. The summed E-state index contributed by atoms with van der Waals surface area (Å²) in [5.74, 6) is -0.794. The van der Waals surface area contributed by atoms with Gasteiger partial charge in [0.1, 0.15) is 0 Å². The third-order valence-corrected chi connectivity index (χ3v) is 3.07. The van der Waals surface area contributed by atoms with E-state index in [-0.39, 0.29) is 12.0 Å². The van der Waals surface area contributed by atoms with Crippen molar-refractivity contribution in [2.24, 2.45) is 5.92 Å². The zero-order chi connectivity index (χ0) is 11.3. The van der Waals surface area contributed by atoms with Gasteiger partial charge >= 0.3 is 5.97 Å². The van der Waals surface area contributed by atoms with Gasteiger partial charge in [0.15, 0.2) is 0 Å². The second-order valence-electron chi connectivity index (χ2n) is 4.48. The summed E-state index contributed by atoms with van der Waals surface area (Å²) in [6.45, 7) is 2.60. The average Bonchev–Trinajstić information content (AvgIpc) is 2.18. The Hall–Kier alpha value is -0.610. The fourth-order valence-corrected chi connectivity index (χ4v) is 2.04. The van der Waals surface area contributed by atoms with Crippen LogP contribution in [0.3, 0.4) is 0 Å². The van der Waals surface area contributed by atoms with Gasteiger partial charge in [-0.2, -0.15) is 0 Å². The van der Waals surface area contributed by atoms with E-state index in [0.29, 0.717) is 6.04 Å². The van der Waals surface area contributed by atoms with E-state index in [0.717, 1.165) is 38.6 Å². The predicted octanol–water partition coefficient (Wildman–Crippen LogP) is 0.990. The maximum Gasteiger partial charge on any atom is 0.306 e. The van der Waals surface area contributed by atoms with Crippen LogP contribution in [-0.4, -0.2) is 34.9 Å². The molecule has 1 saturated carbocycles. The normalized spacial score (nSPS) is 28.7. The van der Waals surface area contributed by atoms with Crippen molar-refractivity contribution >= 4 is 5.97 Å². The summed E-state index contributed by atoms with van der Waals surface area (Å²) in [6.07, 6.45) is 3.95. The second-order valence-corrected chi connectivity index (χ2v) is 4.48. The molecule has 4 heteroatoms. The Morgan fingerprint density at radius 3 is 2.47 bits per heavy atom. The first-order valence-electron chi connectivity index (χ1n) is 5.74. The third-order valence-electron chi connectivity index (χ3n) is 3.07. The molecular weight excluding hydrogens is 194 g/mol. The number of rotatable bonds is 5. The molecular formula is C11H21NO3. The second kappa shape index (κ2) is 6.08. The molecule has 0 saturated heterocycles. The van der Waals surface area contributed by atoms with Gasteiger partial charge in [-0.25, -0.2) is 0 Å². The molecule has 4 nitrogen and oxygen atoms in total. The van der Waals surface area contributed by atoms with Crippen molar-refractivity contribution < 1.29 is 15.0 Å². The summed E-state index contributed by atoms with van der Waals surface area (Å²) in [6, 6.07) is 0.444. The number of carbonyl (C=O) groups is 1. The number of hydrogen-bond donors (Lipinski definition) is 3. The maximum atomic E-state index is 10.7. The van der Waals surface area contributed by atoms with Crippen molar-refractivity contribution in [3.8, 4) is 0 Å². The topological polar surface area (TPSA) is 69.6 Å². The van der Waals surface area contributed by atoms with Gasteiger partial charge in [0, 0.05) is 6.04 Å². The molecule has 1 aliphatic rings. The van der Waals surface area contributed by atoms with Crippen LogP contribution in [0.5, 0.6) is 0 Å². The number of nitrogens with one attached hydrogen (secondary N) is 1. The van der Waals surface area contributed by atoms with Gasteiger partial charge in [-0.15, -0.1) is 0 Å². The zero-order valence-electron chi connectivity index (χ0n) is 9.28. The largest absolute Gasteiger partial charge is 0.481 e. The highest BCUT2D eigenvalue weighted by atomic mass is 16.4. The van der Waals surface area contributed by atoms with Crippen LogP contribution in [-0.2, 0) is 4.79 Å². The van der Waals surface area contributed by atoms with E-state index < -0.39 is 5.97 Å². The Bertz CT molecular complexity index is 198. The van der Waals surface area contributed by atoms with Gasteiger partial charge < -0.3 is 15.5 Å². The standard InChI is InChI=1S/C11H21NO3/c1-8(13)6-7-12-10-4-2-9(3-5-10)11(14)15/h8-10,12-13H,2-7H2,1H3,(H,14,15). The summed E-state index contributed by atoms with van der Waals surface area (Å²) in [5.41, 5.74) is 0. The lowest BCUT2D eigenvalue weighted by Gasteiger charge is -2.27. The lowest BCUT2D eigenvalue weighted by atomic mass is 9.86. The summed E-state index contributed by atoms with van der Waals surface area (Å²) in [4.78, 5) is 10.7. The van der Waals surface area contributed by atoms with Gasteiger partial charge in [-0.1, -0.05) is 0 Å². The first kappa shape index (κ1) is 12.5. The molecule has 0 aromatic carbocycles. The molecule has 0 radical (unpaired) electrons. The molecule has 0 heterocycles. The van der Waals surface area contributed by atoms with E-state index in [4.69, 9.17) is 10.2 Å². The molecule has 0 spiro atoms. The van der Waals surface area contributed by atoms with Gasteiger partial charge in [-0.3, -0.25) is 4.79 Å². The Morgan fingerprint density at radius 1 is 1.40 bits per heavy atom. The van der Waals surface area contributed by atoms with Crippen LogP contribution in [0.1, 0.15) is 39.0 Å². The summed E-state index contributed by atoms with van der Waals surface area (Å²) >= 11 is 0. The molecule has 0 bridgehead atoms. The lowest BCUT2D eigenvalue weighted by molar-refractivity contribution is -0.142. The Morgan fingerprint density at radius 2 is 2.00 bits per heavy atom. The number of aliphatic hydroxyl groups excluding tert-OH is 1. The fraction of sp³-hybridized carbons (Fsp3) is 0.909. The van der Waals surface area contributed by atoms with Crippen LogP contribution in [0.2, 0.25) is 0 Å². The van der Waals surface area contributed by atoms with Gasteiger partial charge in [-0.05, 0) is 45.6 Å². The van der Waals surface area contributed by atoms with Crippen molar-refractivity contribution in [3.63, 3.8) is 0 Å². The van der Waals surface area contributed by atoms with E-state index in [2.05, 4.69) is 5.32 Å². The van der Waals surface area contributed by atoms with Crippen molar-refractivity contribution in [3.05, 3.63) is 0 Å². The molecule has 3 N–H and O–H groups in total. The van der Waals surface area contributed by atoms with Crippen LogP contribution in [0.4, 0.5) is 0 Å². The highest BCUT2D eigenvalue weighted by molar-refractivity contribution is 5.70. The Labute approximate surface area is 90.7 Å². The van der Waals surface area contributed by atoms with Crippen LogP contribution >= 0.6 is 0 Å². The number of aliphatic hydroxyl groups is 1. The molecule has 1 unspecified atom stereocenters. The molecule has 0 aromatic heterocycles. The molecule has 88 valence electrons. The van der Waals surface area contributed by atoms with E-state index in [9.17, 15) is 4.79 Å². The molecule has 15 heavy (non-hydrogen) atoms. The summed E-state index contributed by atoms with van der Waals surface area (Å²) < 4.78 is 0. The number of carboxylic acid groups (broad SMARTS) is 1. The van der Waals surface area contributed by atoms with Crippen LogP contribution < -0.4 is 5.32 Å². The highest BCUT2D eigenvalue weighted by Gasteiger charge is 2.25. The molecule has 1 aliphatic carbocycles. The van der Waals surface area contributed by atoms with Crippen molar-refractivity contribution in [1.29, 1.82) is 0 Å². The molecule has 0 aliphatic heterocycles. The van der Waals surface area contributed by atoms with Crippen LogP contribution in [0.25, 0.3) is 0 Å². The smallest absolute Gasteiger partial charge is 0.306 e. The minimum absolute atomic E-state index is 0.139. The predicted molar refractivity (Wildman–Crippen MR) is 57.7 cm³/mol. The van der Waals surface area contributed by atoms with Crippen LogP contribution in [0.15, 0.2) is 0 Å². The van der Waals surface area contributed by atoms with Crippen molar-refractivity contribution in [2.45, 2.75) is 51.2 Å². The molecule has 1 rings (SSSR count).